The van der Waals surface area contributed by atoms with Gasteiger partial charge in [0, 0.05) is 10.8 Å². The van der Waals surface area contributed by atoms with Gasteiger partial charge in [-0.25, -0.2) is 0 Å². The van der Waals surface area contributed by atoms with Crippen molar-refractivity contribution in [1.29, 1.82) is 0 Å². The van der Waals surface area contributed by atoms with Gasteiger partial charge in [-0.3, -0.25) is 0 Å². The molecule has 0 saturated carbocycles. The van der Waals surface area contributed by atoms with E-state index in [0.29, 0.717) is 0 Å². The van der Waals surface area contributed by atoms with Crippen LogP contribution in [0.3, 0.4) is 0 Å². The number of hydrogen-bond acceptors (Lipinski definition) is 0. The first-order valence-corrected chi connectivity index (χ1v) is 7.56. The zero-order valence-electron chi connectivity index (χ0n) is 13.3. The van der Waals surface area contributed by atoms with E-state index in [2.05, 4.69) is 89.5 Å². The van der Waals surface area contributed by atoms with Crippen LogP contribution in [0.5, 0.6) is 0 Å². The van der Waals surface area contributed by atoms with Gasteiger partial charge in [-0.15, -0.1) is 41.1 Å². The van der Waals surface area contributed by atoms with Crippen molar-refractivity contribution in [2.24, 2.45) is 0 Å². The Bertz CT molecular complexity index is 1050. The smallest absolute Gasteiger partial charge is 1.00 e. The molecule has 0 aliphatic rings. The third kappa shape index (κ3) is 2.85. The molecule has 0 spiro atoms. The van der Waals surface area contributed by atoms with Gasteiger partial charge in [0.05, 0.1) is 11.0 Å². The molecular formula is C21H14F2NZr. The second-order valence-electron chi connectivity index (χ2n) is 5.71. The van der Waals surface area contributed by atoms with Gasteiger partial charge in [0.1, 0.15) is 0 Å². The van der Waals surface area contributed by atoms with E-state index in [-0.39, 0.29) is 35.6 Å². The SMILES string of the molecule is [F-].[F-].[Zr+3].c1ccc2[cH-]c(-n3c4ccccc4c4ccccc43)cc2c1. The maximum absolute atomic E-state index is 2.37. The predicted octanol–water partition coefficient (Wildman–Crippen LogP) is -0.339. The zero-order chi connectivity index (χ0) is 14.5. The number of fused-ring (bicyclic) bond motifs is 4. The van der Waals surface area contributed by atoms with Crippen molar-refractivity contribution in [1.82, 2.24) is 4.57 Å². The van der Waals surface area contributed by atoms with E-state index < -0.39 is 0 Å². The summed E-state index contributed by atoms with van der Waals surface area (Å²) in [5, 5.41) is 5.20. The number of benzene rings is 3. The van der Waals surface area contributed by atoms with Crippen LogP contribution in [0.2, 0.25) is 0 Å². The van der Waals surface area contributed by atoms with Crippen molar-refractivity contribution in [3.8, 4) is 5.69 Å². The fourth-order valence-electron chi connectivity index (χ4n) is 3.46. The summed E-state index contributed by atoms with van der Waals surface area (Å²) in [4.78, 5) is 0. The Kier molecular flexibility index (Phi) is 5.64. The van der Waals surface area contributed by atoms with E-state index in [0.717, 1.165) is 0 Å². The molecule has 0 N–H and O–H groups in total. The Morgan fingerprint density at radius 3 is 1.76 bits per heavy atom. The quantitative estimate of drug-likeness (QED) is 0.334. The maximum atomic E-state index is 2.37. The van der Waals surface area contributed by atoms with Crippen molar-refractivity contribution >= 4 is 32.6 Å². The molecule has 1 heterocycles. The second kappa shape index (κ2) is 7.37. The van der Waals surface area contributed by atoms with Crippen molar-refractivity contribution in [3.63, 3.8) is 0 Å². The zero-order valence-corrected chi connectivity index (χ0v) is 15.7. The van der Waals surface area contributed by atoms with Crippen molar-refractivity contribution < 1.29 is 35.6 Å². The van der Waals surface area contributed by atoms with Crippen LogP contribution in [0.25, 0.3) is 38.3 Å². The first-order chi connectivity index (χ1) is 10.9. The van der Waals surface area contributed by atoms with E-state index in [4.69, 9.17) is 0 Å². The minimum atomic E-state index is 0. The van der Waals surface area contributed by atoms with Crippen LogP contribution in [0.15, 0.2) is 84.9 Å². The molecule has 0 bridgehead atoms. The summed E-state index contributed by atoms with van der Waals surface area (Å²) in [6.45, 7) is 0. The first-order valence-electron chi connectivity index (χ1n) is 7.56. The van der Waals surface area contributed by atoms with Crippen molar-refractivity contribution in [2.45, 2.75) is 0 Å². The molecule has 0 atom stereocenters. The molecule has 5 rings (SSSR count). The number of nitrogens with zero attached hydrogens (tertiary/aromatic N) is 1. The standard InChI is InChI=1S/C21H14N.2FH.Zr/c1-2-8-16-14-17(13-15(16)7-1)22-20-11-5-3-9-18(20)19-10-4-6-12-21(19)22;;;/h1-14H;2*1H;/q-1;;;+3/p-2. The minimum Gasteiger partial charge on any atom is -1.00 e. The molecule has 0 aliphatic carbocycles. The Labute approximate surface area is 163 Å². The van der Waals surface area contributed by atoms with Crippen LogP contribution in [0.1, 0.15) is 0 Å². The maximum Gasteiger partial charge on any atom is 3.00 e. The van der Waals surface area contributed by atoms with E-state index in [1.807, 2.05) is 0 Å². The van der Waals surface area contributed by atoms with Gasteiger partial charge in [-0.1, -0.05) is 42.5 Å². The molecule has 4 aromatic carbocycles. The van der Waals surface area contributed by atoms with Crippen LogP contribution in [-0.2, 0) is 26.2 Å². The van der Waals surface area contributed by atoms with Crippen LogP contribution >= 0.6 is 0 Å². The Balaban J connectivity index is 0.000000751. The van der Waals surface area contributed by atoms with Gasteiger partial charge in [0.25, 0.3) is 0 Å². The van der Waals surface area contributed by atoms with Gasteiger partial charge in [0.15, 0.2) is 0 Å². The molecule has 25 heavy (non-hydrogen) atoms. The minimum absolute atomic E-state index is 0. The Morgan fingerprint density at radius 1 is 0.640 bits per heavy atom. The summed E-state index contributed by atoms with van der Waals surface area (Å²) >= 11 is 0. The molecule has 5 aromatic rings. The molecule has 0 amide bonds. The largest absolute Gasteiger partial charge is 3.00 e. The topological polar surface area (TPSA) is 4.93 Å². The van der Waals surface area contributed by atoms with Gasteiger partial charge in [-0.2, -0.15) is 0 Å². The molecule has 121 valence electrons. The number of aromatic nitrogens is 1. The van der Waals surface area contributed by atoms with Gasteiger partial charge in [0.2, 0.25) is 0 Å². The van der Waals surface area contributed by atoms with Crippen LogP contribution < -0.4 is 9.41 Å². The van der Waals surface area contributed by atoms with Crippen LogP contribution in [0, 0.1) is 0 Å². The predicted molar refractivity (Wildman–Crippen MR) is 93.9 cm³/mol. The fourth-order valence-corrected chi connectivity index (χ4v) is 3.46. The summed E-state index contributed by atoms with van der Waals surface area (Å²) in [5.74, 6) is 0. The molecular weight excluding hydrogens is 395 g/mol. The number of rotatable bonds is 1. The fraction of sp³-hybridized carbons (Fsp3) is 0. The summed E-state index contributed by atoms with van der Waals surface area (Å²) in [7, 11) is 0. The van der Waals surface area contributed by atoms with Crippen LogP contribution in [0.4, 0.5) is 0 Å². The van der Waals surface area contributed by atoms with Gasteiger partial charge < -0.3 is 14.0 Å². The third-order valence-corrected chi connectivity index (χ3v) is 4.44. The number of para-hydroxylation sites is 2. The molecule has 4 heteroatoms. The average molecular weight is 410 g/mol. The van der Waals surface area contributed by atoms with E-state index in [1.54, 1.807) is 0 Å². The molecule has 0 fully saturated rings. The molecule has 1 nitrogen and oxygen atoms in total. The van der Waals surface area contributed by atoms with Gasteiger partial charge in [-0.05, 0) is 17.8 Å². The Morgan fingerprint density at radius 2 is 1.16 bits per heavy atom. The van der Waals surface area contributed by atoms with E-state index in [1.165, 1.54) is 38.3 Å². The number of halogens is 2. The van der Waals surface area contributed by atoms with Gasteiger partial charge >= 0.3 is 26.2 Å². The first kappa shape index (κ1) is 19.1. The van der Waals surface area contributed by atoms with E-state index >= 15 is 0 Å². The summed E-state index contributed by atoms with van der Waals surface area (Å²) in [6.07, 6.45) is 0. The Hall–Kier alpha value is -2.19. The molecule has 0 unspecified atom stereocenters. The normalized spacial score (nSPS) is 10.2. The molecule has 0 saturated heterocycles. The van der Waals surface area contributed by atoms with E-state index in [9.17, 15) is 0 Å². The molecule has 0 aliphatic heterocycles. The average Bonchev–Trinajstić information content (AvgIpc) is 3.13. The van der Waals surface area contributed by atoms with Crippen molar-refractivity contribution in [3.05, 3.63) is 84.9 Å². The van der Waals surface area contributed by atoms with Crippen molar-refractivity contribution in [2.75, 3.05) is 0 Å². The van der Waals surface area contributed by atoms with Crippen LogP contribution in [-0.4, -0.2) is 4.57 Å². The summed E-state index contributed by atoms with van der Waals surface area (Å²) in [6, 6.07) is 30.3. The summed E-state index contributed by atoms with van der Waals surface area (Å²) in [5.41, 5.74) is 3.76. The third-order valence-electron chi connectivity index (χ3n) is 4.44. The monoisotopic (exact) mass is 408 g/mol. The second-order valence-corrected chi connectivity index (χ2v) is 5.71. The molecule has 1 aromatic heterocycles. The number of hydrogen-bond donors (Lipinski definition) is 0. The summed E-state index contributed by atoms with van der Waals surface area (Å²) < 4.78 is 2.37. The molecule has 1 radical (unpaired) electrons.